The summed E-state index contributed by atoms with van der Waals surface area (Å²) in [5.41, 5.74) is 1.29. The Morgan fingerprint density at radius 3 is 1.92 bits per heavy atom. The van der Waals surface area contributed by atoms with Gasteiger partial charge in [0.05, 0.1) is 6.54 Å². The molecule has 0 aliphatic heterocycles. The quantitative estimate of drug-likeness (QED) is 0.149. The third kappa shape index (κ3) is 13.8. The van der Waals surface area contributed by atoms with E-state index in [0.717, 1.165) is 5.56 Å². The van der Waals surface area contributed by atoms with E-state index < -0.39 is 17.9 Å². The summed E-state index contributed by atoms with van der Waals surface area (Å²) in [6, 6.07) is 6.68. The largest absolute Gasteiger partial charge is 0.481 e. The van der Waals surface area contributed by atoms with Crippen LogP contribution in [0.1, 0.15) is 35.2 Å². The molecule has 3 N–H and O–H groups in total. The minimum absolute atomic E-state index is 0.0732. The second-order valence-electron chi connectivity index (χ2n) is 7.94. The Morgan fingerprint density at radius 1 is 0.861 bits per heavy atom. The van der Waals surface area contributed by atoms with E-state index in [1.54, 1.807) is 29.2 Å². The highest BCUT2D eigenvalue weighted by Crippen LogP contribution is 2.15. The van der Waals surface area contributed by atoms with Gasteiger partial charge in [-0.2, -0.15) is 0 Å². The molecule has 1 rings (SSSR count). The minimum Gasteiger partial charge on any atom is -0.481 e. The van der Waals surface area contributed by atoms with Gasteiger partial charge in [-0.15, -0.1) is 0 Å². The van der Waals surface area contributed by atoms with Gasteiger partial charge in [-0.05, 0) is 24.4 Å². The van der Waals surface area contributed by atoms with E-state index in [9.17, 15) is 28.8 Å². The second-order valence-corrected chi connectivity index (χ2v) is 7.94. The summed E-state index contributed by atoms with van der Waals surface area (Å²) in [6.07, 6.45) is 0.283. The molecule has 1 aromatic carbocycles. The molecular weight excluding hydrogens is 478 g/mol. The van der Waals surface area contributed by atoms with E-state index in [1.165, 1.54) is 4.90 Å². The molecule has 0 saturated carbocycles. The standard InChI is InChI=1S/C23H31N3O10/c27-13-19-3-1-18(2-4-19)11-24-21(30)12-25(6-5-20(9-22(31)32)10-23(33)34)7-8-26(14-35-16-28)15-36-17-29/h1-4,13,16-17,20H,5-12,14-15H2,(H,24,30)(H,31,32)(H,33,34). The molecule has 1 amide bonds. The molecule has 198 valence electrons. The lowest BCUT2D eigenvalue weighted by Crippen LogP contribution is -2.43. The Kier molecular flexibility index (Phi) is 14.7. The van der Waals surface area contributed by atoms with Gasteiger partial charge < -0.3 is 25.0 Å². The van der Waals surface area contributed by atoms with Crippen LogP contribution < -0.4 is 5.32 Å². The van der Waals surface area contributed by atoms with Crippen molar-refractivity contribution in [3.8, 4) is 0 Å². The Balaban J connectivity index is 2.79. The van der Waals surface area contributed by atoms with E-state index in [-0.39, 0.29) is 84.3 Å². The molecule has 0 radical (unpaired) electrons. The van der Waals surface area contributed by atoms with E-state index >= 15 is 0 Å². The number of ether oxygens (including phenoxy) is 2. The van der Waals surface area contributed by atoms with Crippen molar-refractivity contribution < 1.29 is 48.5 Å². The number of nitrogens with one attached hydrogen (secondary N) is 1. The van der Waals surface area contributed by atoms with Crippen LogP contribution in [0.15, 0.2) is 24.3 Å². The minimum atomic E-state index is -1.12. The van der Waals surface area contributed by atoms with Gasteiger partial charge in [0.15, 0.2) is 0 Å². The molecule has 0 saturated heterocycles. The lowest BCUT2D eigenvalue weighted by Gasteiger charge is -2.27. The lowest BCUT2D eigenvalue weighted by atomic mass is 9.97. The molecule has 0 aliphatic carbocycles. The van der Waals surface area contributed by atoms with Crippen molar-refractivity contribution in [3.63, 3.8) is 0 Å². The van der Waals surface area contributed by atoms with Crippen molar-refractivity contribution in [2.24, 2.45) is 5.92 Å². The molecule has 1 aromatic rings. The van der Waals surface area contributed by atoms with Gasteiger partial charge >= 0.3 is 11.9 Å². The highest BCUT2D eigenvalue weighted by molar-refractivity contribution is 5.78. The van der Waals surface area contributed by atoms with Crippen LogP contribution >= 0.6 is 0 Å². The number of nitrogens with zero attached hydrogens (tertiary/aromatic N) is 2. The molecule has 0 aromatic heterocycles. The molecular formula is C23H31N3O10. The van der Waals surface area contributed by atoms with Gasteiger partial charge in [0.25, 0.3) is 12.9 Å². The third-order valence-corrected chi connectivity index (χ3v) is 5.14. The van der Waals surface area contributed by atoms with Crippen LogP contribution in [0, 0.1) is 5.92 Å². The summed E-state index contributed by atoms with van der Waals surface area (Å²) in [6.45, 7) is 1.01. The number of carboxylic acids is 2. The number of carbonyl (C=O) groups is 6. The number of hydrogen-bond acceptors (Lipinski definition) is 10. The predicted octanol–water partition coefficient (Wildman–Crippen LogP) is -0.0640. The van der Waals surface area contributed by atoms with Crippen LogP contribution in [-0.2, 0) is 40.0 Å². The summed E-state index contributed by atoms with van der Waals surface area (Å²) < 4.78 is 9.39. The number of rotatable bonds is 21. The van der Waals surface area contributed by atoms with Gasteiger partial charge in [-0.3, -0.25) is 33.7 Å². The first-order valence-electron chi connectivity index (χ1n) is 11.1. The normalized spacial score (nSPS) is 10.8. The summed E-state index contributed by atoms with van der Waals surface area (Å²) in [5, 5.41) is 20.9. The van der Waals surface area contributed by atoms with Crippen LogP contribution in [0.25, 0.3) is 0 Å². The molecule has 0 fully saturated rings. The van der Waals surface area contributed by atoms with Crippen LogP contribution in [0.3, 0.4) is 0 Å². The summed E-state index contributed by atoms with van der Waals surface area (Å²) >= 11 is 0. The molecule has 0 bridgehead atoms. The number of carboxylic acid groups (broad SMARTS) is 2. The van der Waals surface area contributed by atoms with E-state index in [1.807, 2.05) is 0 Å². The smallest absolute Gasteiger partial charge is 0.303 e. The van der Waals surface area contributed by atoms with Gasteiger partial charge in [0.2, 0.25) is 5.91 Å². The zero-order valence-electron chi connectivity index (χ0n) is 19.7. The SMILES string of the molecule is O=COCN(CCN(CCC(CC(=O)O)CC(=O)O)CC(=O)NCc1ccc(C=O)cc1)COC=O. The zero-order chi connectivity index (χ0) is 26.8. The monoisotopic (exact) mass is 509 g/mol. The molecule has 13 nitrogen and oxygen atoms in total. The highest BCUT2D eigenvalue weighted by Gasteiger charge is 2.20. The number of aldehydes is 1. The number of benzene rings is 1. The molecule has 36 heavy (non-hydrogen) atoms. The number of aliphatic carboxylic acids is 2. The fourth-order valence-electron chi connectivity index (χ4n) is 3.30. The molecule has 0 atom stereocenters. The maximum Gasteiger partial charge on any atom is 0.303 e. The third-order valence-electron chi connectivity index (χ3n) is 5.14. The molecule has 0 aliphatic rings. The molecule has 0 unspecified atom stereocenters. The first-order valence-corrected chi connectivity index (χ1v) is 11.1. The average Bonchev–Trinajstić information content (AvgIpc) is 2.84. The van der Waals surface area contributed by atoms with Crippen molar-refractivity contribution in [3.05, 3.63) is 35.4 Å². The topological polar surface area (TPSA) is 180 Å². The van der Waals surface area contributed by atoms with E-state index in [2.05, 4.69) is 5.32 Å². The van der Waals surface area contributed by atoms with E-state index in [4.69, 9.17) is 19.7 Å². The Labute approximate surface area is 207 Å². The first kappa shape index (κ1) is 30.2. The van der Waals surface area contributed by atoms with Gasteiger partial charge in [-0.25, -0.2) is 4.90 Å². The highest BCUT2D eigenvalue weighted by atomic mass is 16.6. The predicted molar refractivity (Wildman–Crippen MR) is 123 cm³/mol. The van der Waals surface area contributed by atoms with E-state index in [0.29, 0.717) is 11.8 Å². The summed E-state index contributed by atoms with van der Waals surface area (Å²) in [7, 11) is 0. The van der Waals surface area contributed by atoms with Gasteiger partial charge in [-0.1, -0.05) is 24.3 Å². The van der Waals surface area contributed by atoms with Crippen LogP contribution in [0.2, 0.25) is 0 Å². The zero-order valence-corrected chi connectivity index (χ0v) is 19.7. The van der Waals surface area contributed by atoms with Crippen LogP contribution in [0.5, 0.6) is 0 Å². The van der Waals surface area contributed by atoms with Crippen LogP contribution in [-0.4, -0.2) is 96.7 Å². The molecule has 0 heterocycles. The Hall–Kier alpha value is -3.84. The fraction of sp³-hybridized carbons (Fsp3) is 0.478. The number of amides is 1. The van der Waals surface area contributed by atoms with Gasteiger partial charge in [0.1, 0.15) is 19.7 Å². The van der Waals surface area contributed by atoms with Crippen molar-refractivity contribution >= 4 is 37.1 Å². The van der Waals surface area contributed by atoms with Crippen LogP contribution in [0.4, 0.5) is 0 Å². The van der Waals surface area contributed by atoms with Crippen molar-refractivity contribution in [1.29, 1.82) is 0 Å². The maximum absolute atomic E-state index is 12.6. The average molecular weight is 510 g/mol. The molecule has 13 heteroatoms. The van der Waals surface area contributed by atoms with Crippen molar-refractivity contribution in [1.82, 2.24) is 15.1 Å². The van der Waals surface area contributed by atoms with Gasteiger partial charge in [0, 0.05) is 38.0 Å². The maximum atomic E-state index is 12.6. The van der Waals surface area contributed by atoms with Crippen molar-refractivity contribution in [2.45, 2.75) is 25.8 Å². The first-order chi connectivity index (χ1) is 17.3. The second kappa shape index (κ2) is 17.6. The molecule has 0 spiro atoms. The van der Waals surface area contributed by atoms with Crippen molar-refractivity contribution in [2.75, 3.05) is 39.6 Å². The summed E-state index contributed by atoms with van der Waals surface area (Å²) in [5.74, 6) is -3.19. The Bertz CT molecular complexity index is 834. The Morgan fingerprint density at radius 2 is 1.42 bits per heavy atom. The number of hydrogen-bond donors (Lipinski definition) is 3. The number of carbonyl (C=O) groups excluding carboxylic acids is 4. The summed E-state index contributed by atoms with van der Waals surface area (Å²) in [4.78, 5) is 69.8. The fourth-order valence-corrected chi connectivity index (χ4v) is 3.30. The lowest BCUT2D eigenvalue weighted by molar-refractivity contribution is -0.143.